The third-order valence-electron chi connectivity index (χ3n) is 5.25. The molecule has 0 radical (unpaired) electrons. The molecule has 3 aromatic rings. The van der Waals surface area contributed by atoms with E-state index in [1.54, 1.807) is 35.0 Å². The molecule has 0 spiro atoms. The average molecular weight is 463 g/mol. The maximum atomic E-state index is 12.7. The van der Waals surface area contributed by atoms with Crippen LogP contribution in [0.3, 0.4) is 0 Å². The first kappa shape index (κ1) is 21.5. The van der Waals surface area contributed by atoms with E-state index in [4.69, 9.17) is 11.6 Å². The molecule has 1 fully saturated rings. The SMILES string of the molecule is Cc1ccc(Cl)cc1NC(=O)NCCn1nnc2cc(S(=O)(=O)N3CCCC3)ccc21. The van der Waals surface area contributed by atoms with Crippen molar-refractivity contribution in [2.24, 2.45) is 0 Å². The smallest absolute Gasteiger partial charge is 0.319 e. The summed E-state index contributed by atoms with van der Waals surface area (Å²) in [6.45, 7) is 3.69. The number of nitrogens with one attached hydrogen (secondary N) is 2. The van der Waals surface area contributed by atoms with Crippen LogP contribution in [0.5, 0.6) is 0 Å². The van der Waals surface area contributed by atoms with Crippen LogP contribution < -0.4 is 10.6 Å². The van der Waals surface area contributed by atoms with Crippen molar-refractivity contribution in [2.45, 2.75) is 31.2 Å². The lowest BCUT2D eigenvalue weighted by Gasteiger charge is -2.15. The van der Waals surface area contributed by atoms with E-state index in [0.717, 1.165) is 18.4 Å². The number of urea groups is 1. The molecule has 164 valence electrons. The molecule has 11 heteroatoms. The van der Waals surface area contributed by atoms with E-state index in [2.05, 4.69) is 20.9 Å². The number of aromatic nitrogens is 3. The number of amides is 2. The molecule has 1 saturated heterocycles. The Morgan fingerprint density at radius 1 is 1.16 bits per heavy atom. The molecule has 4 rings (SSSR count). The first-order valence-corrected chi connectivity index (χ1v) is 11.8. The van der Waals surface area contributed by atoms with Crippen LogP contribution in [-0.4, -0.2) is 53.4 Å². The van der Waals surface area contributed by atoms with E-state index in [9.17, 15) is 13.2 Å². The van der Waals surface area contributed by atoms with Crippen molar-refractivity contribution >= 4 is 44.4 Å². The van der Waals surface area contributed by atoms with E-state index >= 15 is 0 Å². The van der Waals surface area contributed by atoms with E-state index < -0.39 is 10.0 Å². The molecule has 0 atom stereocenters. The number of carbonyl (C=O) groups excluding carboxylic acids is 1. The van der Waals surface area contributed by atoms with Crippen LogP contribution in [0.4, 0.5) is 10.5 Å². The number of hydrogen-bond acceptors (Lipinski definition) is 5. The Kier molecular flexibility index (Phi) is 6.12. The Bertz CT molecular complexity index is 1220. The summed E-state index contributed by atoms with van der Waals surface area (Å²) < 4.78 is 28.6. The monoisotopic (exact) mass is 462 g/mol. The largest absolute Gasteiger partial charge is 0.336 e. The standard InChI is InChI=1S/C20H23ClN6O3S/c1-14-4-5-15(21)12-17(14)23-20(28)22-8-11-27-19-7-6-16(13-18(19)24-25-27)31(29,30)26-9-2-3-10-26/h4-7,12-13H,2-3,8-11H2,1H3,(H2,22,23,28). The Morgan fingerprint density at radius 3 is 2.71 bits per heavy atom. The number of rotatable bonds is 6. The summed E-state index contributed by atoms with van der Waals surface area (Å²) in [7, 11) is -3.50. The number of carbonyl (C=O) groups is 1. The third kappa shape index (κ3) is 4.65. The number of benzene rings is 2. The lowest BCUT2D eigenvalue weighted by atomic mass is 10.2. The molecule has 1 aliphatic rings. The minimum absolute atomic E-state index is 0.225. The van der Waals surface area contributed by atoms with Gasteiger partial charge in [0.05, 0.1) is 17.0 Å². The number of aryl methyl sites for hydroxylation is 1. The summed E-state index contributed by atoms with van der Waals surface area (Å²) in [5.74, 6) is 0. The Hall–Kier alpha value is -2.69. The van der Waals surface area contributed by atoms with Crippen LogP contribution in [0.1, 0.15) is 18.4 Å². The highest BCUT2D eigenvalue weighted by Gasteiger charge is 2.27. The van der Waals surface area contributed by atoms with E-state index in [0.29, 0.717) is 47.9 Å². The van der Waals surface area contributed by atoms with E-state index in [-0.39, 0.29) is 10.9 Å². The maximum absolute atomic E-state index is 12.7. The molecule has 1 aromatic heterocycles. The van der Waals surface area contributed by atoms with Gasteiger partial charge in [0.1, 0.15) is 5.52 Å². The third-order valence-corrected chi connectivity index (χ3v) is 7.37. The molecule has 31 heavy (non-hydrogen) atoms. The van der Waals surface area contributed by atoms with Crippen LogP contribution in [0, 0.1) is 6.92 Å². The maximum Gasteiger partial charge on any atom is 0.319 e. The lowest BCUT2D eigenvalue weighted by Crippen LogP contribution is -2.31. The Morgan fingerprint density at radius 2 is 1.94 bits per heavy atom. The molecule has 9 nitrogen and oxygen atoms in total. The molecular weight excluding hydrogens is 440 g/mol. The number of fused-ring (bicyclic) bond motifs is 1. The molecular formula is C20H23ClN6O3S. The summed E-state index contributed by atoms with van der Waals surface area (Å²) in [5.41, 5.74) is 2.75. The van der Waals surface area contributed by atoms with E-state index in [1.165, 1.54) is 4.31 Å². The number of sulfonamides is 1. The highest BCUT2D eigenvalue weighted by Crippen LogP contribution is 2.24. The first-order chi connectivity index (χ1) is 14.8. The molecule has 2 N–H and O–H groups in total. The minimum Gasteiger partial charge on any atom is -0.336 e. The van der Waals surface area contributed by atoms with Gasteiger partial charge in [-0.1, -0.05) is 22.9 Å². The van der Waals surface area contributed by atoms with Gasteiger partial charge < -0.3 is 10.6 Å². The summed E-state index contributed by atoms with van der Waals surface area (Å²) in [4.78, 5) is 12.4. The average Bonchev–Trinajstić information content (AvgIpc) is 3.41. The van der Waals surface area contributed by atoms with Gasteiger partial charge in [-0.05, 0) is 55.7 Å². The molecule has 2 amide bonds. The van der Waals surface area contributed by atoms with Crippen LogP contribution in [0.15, 0.2) is 41.3 Å². The van der Waals surface area contributed by atoms with Crippen molar-refractivity contribution in [2.75, 3.05) is 25.0 Å². The predicted octanol–water partition coefficient (Wildman–Crippen LogP) is 3.00. The van der Waals surface area contributed by atoms with Crippen LogP contribution in [0.2, 0.25) is 5.02 Å². The zero-order valence-corrected chi connectivity index (χ0v) is 18.6. The van der Waals surface area contributed by atoms with Gasteiger partial charge in [0.2, 0.25) is 10.0 Å². The van der Waals surface area contributed by atoms with Crippen molar-refractivity contribution in [1.82, 2.24) is 24.6 Å². The molecule has 0 saturated carbocycles. The quantitative estimate of drug-likeness (QED) is 0.585. The highest BCUT2D eigenvalue weighted by molar-refractivity contribution is 7.89. The van der Waals surface area contributed by atoms with Crippen LogP contribution in [-0.2, 0) is 16.6 Å². The fourth-order valence-electron chi connectivity index (χ4n) is 3.53. The molecule has 0 bridgehead atoms. The zero-order valence-electron chi connectivity index (χ0n) is 17.0. The molecule has 2 heterocycles. The normalized spacial score (nSPS) is 14.8. The fourth-order valence-corrected chi connectivity index (χ4v) is 5.24. The second kappa shape index (κ2) is 8.81. The first-order valence-electron chi connectivity index (χ1n) is 9.99. The van der Waals surface area contributed by atoms with Crippen molar-refractivity contribution < 1.29 is 13.2 Å². The van der Waals surface area contributed by atoms with Gasteiger partial charge >= 0.3 is 6.03 Å². The topological polar surface area (TPSA) is 109 Å². The minimum atomic E-state index is -3.50. The fraction of sp³-hybridized carbons (Fsp3) is 0.350. The van der Waals surface area contributed by atoms with Crippen molar-refractivity contribution in [3.05, 3.63) is 47.0 Å². The van der Waals surface area contributed by atoms with Gasteiger partial charge in [-0.2, -0.15) is 4.31 Å². The van der Waals surface area contributed by atoms with Gasteiger partial charge in [-0.3, -0.25) is 0 Å². The number of hydrogen-bond donors (Lipinski definition) is 2. The summed E-state index contributed by atoms with van der Waals surface area (Å²) in [6.07, 6.45) is 1.77. The number of anilines is 1. The Balaban J connectivity index is 1.39. The number of halogens is 1. The molecule has 0 unspecified atom stereocenters. The van der Waals surface area contributed by atoms with Crippen LogP contribution >= 0.6 is 11.6 Å². The summed E-state index contributed by atoms with van der Waals surface area (Å²) in [5, 5.41) is 14.3. The van der Waals surface area contributed by atoms with Gasteiger partial charge in [0, 0.05) is 30.3 Å². The Labute approximate surface area is 185 Å². The zero-order chi connectivity index (χ0) is 22.0. The van der Waals surface area contributed by atoms with Crippen molar-refractivity contribution in [1.29, 1.82) is 0 Å². The van der Waals surface area contributed by atoms with Gasteiger partial charge in [-0.25, -0.2) is 17.9 Å². The van der Waals surface area contributed by atoms with Crippen molar-refractivity contribution in [3.8, 4) is 0 Å². The summed E-state index contributed by atoms with van der Waals surface area (Å²) in [6, 6.07) is 9.76. The van der Waals surface area contributed by atoms with Gasteiger partial charge in [-0.15, -0.1) is 5.10 Å². The molecule has 2 aromatic carbocycles. The number of nitrogens with zero attached hydrogens (tertiary/aromatic N) is 4. The second-order valence-electron chi connectivity index (χ2n) is 7.41. The van der Waals surface area contributed by atoms with Gasteiger partial charge in [0.25, 0.3) is 0 Å². The van der Waals surface area contributed by atoms with Crippen LogP contribution in [0.25, 0.3) is 11.0 Å². The molecule has 0 aliphatic carbocycles. The molecule has 1 aliphatic heterocycles. The second-order valence-corrected chi connectivity index (χ2v) is 9.79. The predicted molar refractivity (Wildman–Crippen MR) is 119 cm³/mol. The summed E-state index contributed by atoms with van der Waals surface area (Å²) >= 11 is 5.97. The van der Waals surface area contributed by atoms with Crippen molar-refractivity contribution in [3.63, 3.8) is 0 Å². The highest BCUT2D eigenvalue weighted by atomic mass is 35.5. The van der Waals surface area contributed by atoms with Gasteiger partial charge in [0.15, 0.2) is 0 Å². The lowest BCUT2D eigenvalue weighted by molar-refractivity contribution is 0.251. The van der Waals surface area contributed by atoms with E-state index in [1.807, 2.05) is 13.0 Å².